The summed E-state index contributed by atoms with van der Waals surface area (Å²) in [6.45, 7) is 6.06. The molecule has 4 rings (SSSR count). The van der Waals surface area contributed by atoms with E-state index in [-0.39, 0.29) is 18.0 Å². The molecule has 1 aromatic carbocycles. The average Bonchev–Trinajstić information content (AvgIpc) is 3.20. The summed E-state index contributed by atoms with van der Waals surface area (Å²) in [6.07, 6.45) is 4.60. The van der Waals surface area contributed by atoms with Gasteiger partial charge in [-0.2, -0.15) is 0 Å². The molecule has 2 atom stereocenters. The lowest BCUT2D eigenvalue weighted by atomic mass is 10.1. The van der Waals surface area contributed by atoms with Crippen LogP contribution >= 0.6 is 11.6 Å². The third-order valence-corrected chi connectivity index (χ3v) is 6.75. The lowest BCUT2D eigenvalue weighted by molar-refractivity contribution is -0.136. The number of rotatable bonds is 7. The lowest BCUT2D eigenvalue weighted by Crippen LogP contribution is -2.63. The van der Waals surface area contributed by atoms with Crippen LogP contribution < -0.4 is 4.90 Å². The van der Waals surface area contributed by atoms with Gasteiger partial charge < -0.3 is 14.7 Å². The molecule has 0 spiro atoms. The van der Waals surface area contributed by atoms with Crippen LogP contribution in [-0.2, 0) is 4.79 Å². The number of anilines is 1. The largest absolute Gasteiger partial charge is 0.369 e. The Morgan fingerprint density at radius 3 is 2.52 bits per heavy atom. The maximum Gasteiger partial charge on any atom is 0.328 e. The Bertz CT molecular complexity index is 841. The van der Waals surface area contributed by atoms with E-state index in [4.69, 9.17) is 11.6 Å². The molecule has 3 aliphatic heterocycles. The highest BCUT2D eigenvalue weighted by Crippen LogP contribution is 2.25. The van der Waals surface area contributed by atoms with Crippen LogP contribution in [0.15, 0.2) is 29.3 Å². The van der Waals surface area contributed by atoms with Gasteiger partial charge in [-0.3, -0.25) is 14.6 Å². The van der Waals surface area contributed by atoms with E-state index in [1.54, 1.807) is 25.3 Å². The second-order valence-corrected chi connectivity index (χ2v) is 8.96. The number of unbranched alkanes of at least 4 members (excludes halogenated alkanes) is 2. The maximum atomic E-state index is 12.6. The van der Waals surface area contributed by atoms with Crippen molar-refractivity contribution in [1.82, 2.24) is 19.6 Å². The number of benzene rings is 1. The first kappa shape index (κ1) is 21.9. The number of fused-ring (bicyclic) bond motifs is 1. The van der Waals surface area contributed by atoms with Crippen LogP contribution in [0.5, 0.6) is 0 Å². The Kier molecular flexibility index (Phi) is 6.67. The number of carbonyl (C=O) groups is 2. The molecule has 2 saturated heterocycles. The number of halogens is 1. The van der Waals surface area contributed by atoms with Crippen LogP contribution in [0, 0.1) is 0 Å². The number of piperazine rings is 1. The second-order valence-electron chi connectivity index (χ2n) is 8.52. The molecule has 0 aliphatic carbocycles. The first-order valence-corrected chi connectivity index (χ1v) is 11.4. The van der Waals surface area contributed by atoms with Crippen LogP contribution in [0.2, 0.25) is 5.02 Å². The van der Waals surface area contributed by atoms with Crippen molar-refractivity contribution in [3.63, 3.8) is 0 Å². The molecular weight excluding hydrogens is 416 g/mol. The lowest BCUT2D eigenvalue weighted by Gasteiger charge is -2.39. The van der Waals surface area contributed by atoms with Crippen molar-refractivity contribution in [1.29, 1.82) is 0 Å². The smallest absolute Gasteiger partial charge is 0.328 e. The summed E-state index contributed by atoms with van der Waals surface area (Å²) < 4.78 is 0. The van der Waals surface area contributed by atoms with Crippen molar-refractivity contribution in [2.45, 2.75) is 31.5 Å². The Balaban J connectivity index is 1.15. The fourth-order valence-electron chi connectivity index (χ4n) is 4.61. The quantitative estimate of drug-likeness (QED) is 0.601. The molecule has 0 bridgehead atoms. The van der Waals surface area contributed by atoms with E-state index in [1.807, 2.05) is 23.1 Å². The highest BCUT2D eigenvalue weighted by molar-refractivity contribution is 6.30. The number of imide groups is 1. The number of urea groups is 1. The van der Waals surface area contributed by atoms with Gasteiger partial charge in [0.1, 0.15) is 0 Å². The first-order chi connectivity index (χ1) is 15.0. The van der Waals surface area contributed by atoms with Crippen LogP contribution in [0.4, 0.5) is 10.5 Å². The van der Waals surface area contributed by atoms with Crippen LogP contribution in [-0.4, -0.2) is 103 Å². The van der Waals surface area contributed by atoms with Gasteiger partial charge in [-0.25, -0.2) is 9.79 Å². The monoisotopic (exact) mass is 446 g/mol. The van der Waals surface area contributed by atoms with Crippen molar-refractivity contribution >= 4 is 35.6 Å². The number of amides is 3. The van der Waals surface area contributed by atoms with E-state index >= 15 is 0 Å². The van der Waals surface area contributed by atoms with Crippen molar-refractivity contribution in [2.75, 3.05) is 58.3 Å². The molecule has 8 nitrogen and oxygen atoms in total. The molecule has 0 saturated carbocycles. The predicted octanol–water partition coefficient (Wildman–Crippen LogP) is 2.19. The number of nitrogens with zero attached hydrogens (tertiary/aromatic N) is 6. The zero-order chi connectivity index (χ0) is 22.0. The Morgan fingerprint density at radius 1 is 1.03 bits per heavy atom. The Hall–Kier alpha value is -2.32. The van der Waals surface area contributed by atoms with Crippen molar-refractivity contribution in [2.24, 2.45) is 4.99 Å². The van der Waals surface area contributed by atoms with Crippen LogP contribution in [0.1, 0.15) is 19.3 Å². The molecule has 3 aliphatic rings. The fourth-order valence-corrected chi connectivity index (χ4v) is 4.79. The molecule has 3 amide bonds. The molecule has 2 fully saturated rings. The Morgan fingerprint density at radius 2 is 1.77 bits per heavy atom. The van der Waals surface area contributed by atoms with E-state index in [1.165, 1.54) is 10.6 Å². The van der Waals surface area contributed by atoms with Gasteiger partial charge in [0.2, 0.25) is 0 Å². The SMILES string of the molecule is CN1C(=O)C2C(N=CN2CCCCCN2CCN(c3cccc(Cl)c3)CC2)N(C)C1=O. The fraction of sp³-hybridized carbons (Fsp3) is 0.591. The standard InChI is InChI=1S/C22H31ClN6O2/c1-25-20-19(21(30)26(2)22(25)31)29(16-24-20)10-5-3-4-9-27-11-13-28(14-12-27)18-8-6-7-17(23)15-18/h6-8,15-16,19-20H,3-5,9-14H2,1-2H3. The van der Waals surface area contributed by atoms with Gasteiger partial charge in [0, 0.05) is 57.5 Å². The third kappa shape index (κ3) is 4.65. The molecule has 3 heterocycles. The summed E-state index contributed by atoms with van der Waals surface area (Å²) in [5, 5.41) is 0.786. The minimum absolute atomic E-state index is 0.164. The summed E-state index contributed by atoms with van der Waals surface area (Å²) in [7, 11) is 3.25. The minimum Gasteiger partial charge on any atom is -0.369 e. The predicted molar refractivity (Wildman–Crippen MR) is 123 cm³/mol. The first-order valence-electron chi connectivity index (χ1n) is 11.0. The number of likely N-dealkylation sites (N-methyl/N-ethyl adjacent to an activating group) is 2. The normalized spacial score (nSPS) is 24.4. The summed E-state index contributed by atoms with van der Waals surface area (Å²) in [6, 6.07) is 7.40. The van der Waals surface area contributed by atoms with Crippen LogP contribution in [0.25, 0.3) is 0 Å². The highest BCUT2D eigenvalue weighted by atomic mass is 35.5. The van der Waals surface area contributed by atoms with E-state index < -0.39 is 6.17 Å². The Labute approximate surface area is 189 Å². The highest BCUT2D eigenvalue weighted by Gasteiger charge is 2.48. The topological polar surface area (TPSA) is 62.7 Å². The number of aliphatic imine (C=N–C) groups is 1. The van der Waals surface area contributed by atoms with E-state index in [0.29, 0.717) is 0 Å². The molecule has 0 radical (unpaired) electrons. The van der Waals surface area contributed by atoms with Gasteiger partial charge in [-0.1, -0.05) is 24.1 Å². The molecule has 2 unspecified atom stereocenters. The van der Waals surface area contributed by atoms with Gasteiger partial charge in [0.05, 0.1) is 6.34 Å². The van der Waals surface area contributed by atoms with E-state index in [0.717, 1.165) is 63.6 Å². The molecule has 0 N–H and O–H groups in total. The van der Waals surface area contributed by atoms with Crippen LogP contribution in [0.3, 0.4) is 0 Å². The maximum absolute atomic E-state index is 12.6. The van der Waals surface area contributed by atoms with Crippen molar-refractivity contribution < 1.29 is 9.59 Å². The number of hydrogen-bond donors (Lipinski definition) is 0. The summed E-state index contributed by atoms with van der Waals surface area (Å²) >= 11 is 6.12. The van der Waals surface area contributed by atoms with E-state index in [2.05, 4.69) is 20.9 Å². The van der Waals surface area contributed by atoms with Gasteiger partial charge in [0.15, 0.2) is 12.2 Å². The molecule has 31 heavy (non-hydrogen) atoms. The molecular formula is C22H31ClN6O2. The third-order valence-electron chi connectivity index (χ3n) is 6.51. The van der Waals surface area contributed by atoms with Crippen molar-refractivity contribution in [3.8, 4) is 0 Å². The van der Waals surface area contributed by atoms with Gasteiger partial charge in [-0.05, 0) is 37.6 Å². The summed E-state index contributed by atoms with van der Waals surface area (Å²) in [5.41, 5.74) is 1.20. The summed E-state index contributed by atoms with van der Waals surface area (Å²) in [4.78, 5) is 38.7. The van der Waals surface area contributed by atoms with Crippen molar-refractivity contribution in [3.05, 3.63) is 29.3 Å². The molecule has 9 heteroatoms. The minimum atomic E-state index is -0.396. The molecule has 1 aromatic rings. The molecule has 0 aromatic heterocycles. The average molecular weight is 447 g/mol. The molecule has 168 valence electrons. The van der Waals surface area contributed by atoms with Gasteiger partial charge in [-0.15, -0.1) is 0 Å². The van der Waals surface area contributed by atoms with E-state index in [9.17, 15) is 9.59 Å². The van der Waals surface area contributed by atoms with Gasteiger partial charge in [0.25, 0.3) is 5.91 Å². The zero-order valence-electron chi connectivity index (χ0n) is 18.3. The second kappa shape index (κ2) is 9.44. The number of hydrogen-bond acceptors (Lipinski definition) is 6. The van der Waals surface area contributed by atoms with Gasteiger partial charge >= 0.3 is 6.03 Å². The summed E-state index contributed by atoms with van der Waals surface area (Å²) in [5.74, 6) is -0.164. The zero-order valence-corrected chi connectivity index (χ0v) is 19.0. The number of carbonyl (C=O) groups excluding carboxylic acids is 2.